The summed E-state index contributed by atoms with van der Waals surface area (Å²) in [5.41, 5.74) is 0.196. The molecule has 1 unspecified atom stereocenters. The zero-order valence-corrected chi connectivity index (χ0v) is 10.2. The molecule has 1 rings (SSSR count). The Morgan fingerprint density at radius 1 is 1.50 bits per heavy atom. The number of rotatable bonds is 2. The fourth-order valence-corrected chi connectivity index (χ4v) is 2.41. The Bertz CT molecular complexity index is 218. The molecule has 14 heavy (non-hydrogen) atoms. The highest BCUT2D eigenvalue weighted by atomic mass is 15.2. The number of likely N-dealkylation sites (tertiary alicyclic amines) is 1. The Morgan fingerprint density at radius 2 is 2.07 bits per heavy atom. The Morgan fingerprint density at radius 3 is 2.43 bits per heavy atom. The first-order valence-corrected chi connectivity index (χ1v) is 5.73. The first kappa shape index (κ1) is 11.5. The van der Waals surface area contributed by atoms with Gasteiger partial charge in [0.05, 0.1) is 5.84 Å². The van der Waals surface area contributed by atoms with Gasteiger partial charge < -0.3 is 4.90 Å². The third kappa shape index (κ3) is 2.10. The highest BCUT2D eigenvalue weighted by Crippen LogP contribution is 2.36. The SMILES string of the molecule is CCC(=N)N1CC(C(C)C)CC1(C)C. The van der Waals surface area contributed by atoms with Crippen molar-refractivity contribution in [1.82, 2.24) is 4.90 Å². The predicted octanol–water partition coefficient (Wildman–Crippen LogP) is 3.13. The van der Waals surface area contributed by atoms with E-state index in [0.717, 1.165) is 30.6 Å². The van der Waals surface area contributed by atoms with Gasteiger partial charge in [0.2, 0.25) is 0 Å². The maximum Gasteiger partial charge on any atom is 0.0959 e. The molecule has 0 aromatic carbocycles. The molecule has 1 N–H and O–H groups in total. The Kier molecular flexibility index (Phi) is 3.23. The molecule has 0 aliphatic carbocycles. The van der Waals surface area contributed by atoms with E-state index >= 15 is 0 Å². The summed E-state index contributed by atoms with van der Waals surface area (Å²) >= 11 is 0. The minimum atomic E-state index is 0.196. The van der Waals surface area contributed by atoms with Crippen LogP contribution in [0.25, 0.3) is 0 Å². The molecule has 1 aliphatic rings. The molecular weight excluding hydrogens is 172 g/mol. The molecule has 1 saturated heterocycles. The second-order valence-electron chi connectivity index (χ2n) is 5.43. The fourth-order valence-electron chi connectivity index (χ4n) is 2.41. The first-order valence-electron chi connectivity index (χ1n) is 5.73. The molecule has 0 aromatic rings. The van der Waals surface area contributed by atoms with E-state index in [1.807, 2.05) is 0 Å². The second-order valence-corrected chi connectivity index (χ2v) is 5.43. The van der Waals surface area contributed by atoms with Crippen LogP contribution in [0, 0.1) is 17.2 Å². The van der Waals surface area contributed by atoms with Gasteiger partial charge in [-0.05, 0) is 32.1 Å². The van der Waals surface area contributed by atoms with Crippen LogP contribution in [0.2, 0.25) is 0 Å². The quantitative estimate of drug-likeness (QED) is 0.533. The summed E-state index contributed by atoms with van der Waals surface area (Å²) in [6.45, 7) is 12.3. The number of hydrogen-bond donors (Lipinski definition) is 1. The Hall–Kier alpha value is -0.530. The standard InChI is InChI=1S/C12H24N2/c1-6-11(13)14-8-10(9(2)3)7-12(14,4)5/h9-10,13H,6-8H2,1-5H3. The van der Waals surface area contributed by atoms with Gasteiger partial charge in [-0.25, -0.2) is 0 Å². The van der Waals surface area contributed by atoms with Crippen LogP contribution in [-0.4, -0.2) is 22.8 Å². The van der Waals surface area contributed by atoms with Crippen molar-refractivity contribution in [2.45, 2.75) is 53.0 Å². The van der Waals surface area contributed by atoms with Crippen molar-refractivity contribution < 1.29 is 0 Å². The van der Waals surface area contributed by atoms with Gasteiger partial charge in [0.15, 0.2) is 0 Å². The molecule has 2 nitrogen and oxygen atoms in total. The summed E-state index contributed by atoms with van der Waals surface area (Å²) < 4.78 is 0. The summed E-state index contributed by atoms with van der Waals surface area (Å²) in [5.74, 6) is 2.30. The minimum absolute atomic E-state index is 0.196. The number of hydrogen-bond acceptors (Lipinski definition) is 1. The van der Waals surface area contributed by atoms with Crippen molar-refractivity contribution in [1.29, 1.82) is 5.41 Å². The summed E-state index contributed by atoms with van der Waals surface area (Å²) in [5, 5.41) is 7.95. The Labute approximate surface area is 88.2 Å². The molecule has 1 fully saturated rings. The molecular formula is C12H24N2. The van der Waals surface area contributed by atoms with Crippen molar-refractivity contribution >= 4 is 5.84 Å². The van der Waals surface area contributed by atoms with E-state index in [2.05, 4.69) is 39.5 Å². The van der Waals surface area contributed by atoms with Gasteiger partial charge in [0.25, 0.3) is 0 Å². The lowest BCUT2D eigenvalue weighted by molar-refractivity contribution is 0.276. The van der Waals surface area contributed by atoms with Gasteiger partial charge in [-0.3, -0.25) is 5.41 Å². The fraction of sp³-hybridized carbons (Fsp3) is 0.917. The molecule has 0 aromatic heterocycles. The van der Waals surface area contributed by atoms with Crippen LogP contribution in [-0.2, 0) is 0 Å². The third-order valence-corrected chi connectivity index (χ3v) is 3.51. The van der Waals surface area contributed by atoms with Crippen LogP contribution in [0.5, 0.6) is 0 Å². The van der Waals surface area contributed by atoms with E-state index in [1.165, 1.54) is 6.42 Å². The lowest BCUT2D eigenvalue weighted by Crippen LogP contribution is -2.42. The van der Waals surface area contributed by atoms with Crippen LogP contribution in [0.3, 0.4) is 0 Å². The molecule has 0 bridgehead atoms. The highest BCUT2D eigenvalue weighted by molar-refractivity contribution is 5.79. The van der Waals surface area contributed by atoms with Crippen molar-refractivity contribution in [3.8, 4) is 0 Å². The average molecular weight is 196 g/mol. The van der Waals surface area contributed by atoms with Gasteiger partial charge in [-0.1, -0.05) is 20.8 Å². The molecule has 0 spiro atoms. The summed E-state index contributed by atoms with van der Waals surface area (Å²) in [6.07, 6.45) is 2.08. The van der Waals surface area contributed by atoms with Gasteiger partial charge in [-0.15, -0.1) is 0 Å². The van der Waals surface area contributed by atoms with E-state index in [-0.39, 0.29) is 5.54 Å². The normalized spacial score (nSPS) is 25.9. The van der Waals surface area contributed by atoms with Crippen LogP contribution < -0.4 is 0 Å². The second kappa shape index (κ2) is 3.92. The third-order valence-electron chi connectivity index (χ3n) is 3.51. The molecule has 1 heterocycles. The average Bonchev–Trinajstić information content (AvgIpc) is 2.40. The van der Waals surface area contributed by atoms with Crippen LogP contribution in [0.15, 0.2) is 0 Å². The van der Waals surface area contributed by atoms with Crippen LogP contribution in [0.1, 0.15) is 47.5 Å². The Balaban J connectivity index is 2.74. The van der Waals surface area contributed by atoms with Crippen molar-refractivity contribution in [2.24, 2.45) is 11.8 Å². The maximum absolute atomic E-state index is 7.95. The number of amidine groups is 1. The van der Waals surface area contributed by atoms with E-state index in [4.69, 9.17) is 5.41 Å². The van der Waals surface area contributed by atoms with Gasteiger partial charge in [0.1, 0.15) is 0 Å². The van der Waals surface area contributed by atoms with Crippen LogP contribution >= 0.6 is 0 Å². The van der Waals surface area contributed by atoms with Gasteiger partial charge >= 0.3 is 0 Å². The minimum Gasteiger partial charge on any atom is -0.355 e. The van der Waals surface area contributed by atoms with E-state index in [0.29, 0.717) is 0 Å². The van der Waals surface area contributed by atoms with Crippen molar-refractivity contribution in [3.05, 3.63) is 0 Å². The molecule has 0 saturated carbocycles. The van der Waals surface area contributed by atoms with Crippen molar-refractivity contribution in [3.63, 3.8) is 0 Å². The van der Waals surface area contributed by atoms with E-state index in [1.54, 1.807) is 0 Å². The summed E-state index contributed by atoms with van der Waals surface area (Å²) in [7, 11) is 0. The highest BCUT2D eigenvalue weighted by Gasteiger charge is 2.39. The molecule has 2 heteroatoms. The number of nitrogens with zero attached hydrogens (tertiary/aromatic N) is 1. The smallest absolute Gasteiger partial charge is 0.0959 e. The van der Waals surface area contributed by atoms with E-state index < -0.39 is 0 Å². The lowest BCUT2D eigenvalue weighted by atomic mass is 9.89. The molecule has 82 valence electrons. The molecule has 0 radical (unpaired) electrons. The lowest BCUT2D eigenvalue weighted by Gasteiger charge is -2.33. The largest absolute Gasteiger partial charge is 0.355 e. The zero-order valence-electron chi connectivity index (χ0n) is 10.2. The topological polar surface area (TPSA) is 27.1 Å². The summed E-state index contributed by atoms with van der Waals surface area (Å²) in [6, 6.07) is 0. The van der Waals surface area contributed by atoms with Gasteiger partial charge in [0, 0.05) is 18.5 Å². The van der Waals surface area contributed by atoms with Crippen LogP contribution in [0.4, 0.5) is 0 Å². The number of nitrogens with one attached hydrogen (secondary N) is 1. The maximum atomic E-state index is 7.95. The predicted molar refractivity (Wildman–Crippen MR) is 61.7 cm³/mol. The van der Waals surface area contributed by atoms with E-state index in [9.17, 15) is 0 Å². The monoisotopic (exact) mass is 196 g/mol. The summed E-state index contributed by atoms with van der Waals surface area (Å²) in [4.78, 5) is 2.29. The van der Waals surface area contributed by atoms with Crippen molar-refractivity contribution in [2.75, 3.05) is 6.54 Å². The van der Waals surface area contributed by atoms with Gasteiger partial charge in [-0.2, -0.15) is 0 Å². The molecule has 1 aliphatic heterocycles. The zero-order chi connectivity index (χ0) is 10.9. The molecule has 0 amide bonds. The first-order chi connectivity index (χ1) is 6.38. The molecule has 1 atom stereocenters.